The molecule has 0 atom stereocenters. The van der Waals surface area contributed by atoms with E-state index in [-0.39, 0.29) is 30.7 Å². The number of carbonyl (C=O) groups is 3. The summed E-state index contributed by atoms with van der Waals surface area (Å²) in [6.07, 6.45) is 0. The highest BCUT2D eigenvalue weighted by Crippen LogP contribution is 2.22. The van der Waals surface area contributed by atoms with Crippen molar-refractivity contribution >= 4 is 29.0 Å². The van der Waals surface area contributed by atoms with Crippen LogP contribution >= 0.6 is 0 Å². The minimum Gasteiger partial charge on any atom is -0.301 e. The Morgan fingerprint density at radius 1 is 0.783 bits per heavy atom. The Kier molecular flexibility index (Phi) is 3.93. The third-order valence-electron chi connectivity index (χ3n) is 3.84. The summed E-state index contributed by atoms with van der Waals surface area (Å²) in [7, 11) is 0. The van der Waals surface area contributed by atoms with Crippen molar-refractivity contribution < 1.29 is 14.4 Å². The van der Waals surface area contributed by atoms with E-state index in [4.69, 9.17) is 0 Å². The van der Waals surface area contributed by atoms with Crippen LogP contribution in [-0.2, 0) is 9.59 Å². The van der Waals surface area contributed by atoms with Crippen LogP contribution in [0.3, 0.4) is 0 Å². The van der Waals surface area contributed by atoms with E-state index in [0.717, 1.165) is 5.69 Å². The van der Waals surface area contributed by atoms with E-state index in [2.05, 4.69) is 0 Å². The molecule has 116 valence electrons. The molecule has 0 radical (unpaired) electrons. The highest BCUT2D eigenvalue weighted by Gasteiger charge is 2.31. The standard InChI is InChI=1S/C18H16N2O3/c1-13(21)14-7-9-16(10-8-14)20-12-17(22)19(11-18(20)23)15-5-3-2-4-6-15/h2-10H,11-12H2,1H3. The first-order valence-electron chi connectivity index (χ1n) is 7.33. The zero-order valence-electron chi connectivity index (χ0n) is 12.7. The van der Waals surface area contributed by atoms with Crippen molar-refractivity contribution in [1.29, 1.82) is 0 Å². The Labute approximate surface area is 134 Å². The Balaban J connectivity index is 1.81. The van der Waals surface area contributed by atoms with Gasteiger partial charge < -0.3 is 9.80 Å². The number of ketones is 1. The zero-order chi connectivity index (χ0) is 16.4. The van der Waals surface area contributed by atoms with Gasteiger partial charge in [0.25, 0.3) is 0 Å². The van der Waals surface area contributed by atoms with Crippen molar-refractivity contribution in [3.05, 3.63) is 60.2 Å². The lowest BCUT2D eigenvalue weighted by atomic mass is 10.1. The molecule has 0 spiro atoms. The molecule has 1 saturated heterocycles. The molecule has 0 bridgehead atoms. The Morgan fingerprint density at radius 3 is 1.74 bits per heavy atom. The number of rotatable bonds is 3. The fourth-order valence-electron chi connectivity index (χ4n) is 2.57. The molecule has 1 aliphatic rings. The van der Waals surface area contributed by atoms with Gasteiger partial charge in [-0.05, 0) is 43.3 Å². The summed E-state index contributed by atoms with van der Waals surface area (Å²) < 4.78 is 0. The van der Waals surface area contributed by atoms with Crippen LogP contribution in [0.4, 0.5) is 11.4 Å². The second-order valence-electron chi connectivity index (χ2n) is 5.40. The number of piperazine rings is 1. The maximum absolute atomic E-state index is 12.4. The molecule has 0 aliphatic carbocycles. The number of nitrogens with zero attached hydrogens (tertiary/aromatic N) is 2. The average molecular weight is 308 g/mol. The first-order valence-corrected chi connectivity index (χ1v) is 7.33. The van der Waals surface area contributed by atoms with Crippen molar-refractivity contribution in [2.24, 2.45) is 0 Å². The predicted octanol–water partition coefficient (Wildman–Crippen LogP) is 2.27. The van der Waals surface area contributed by atoms with Crippen LogP contribution in [0.25, 0.3) is 0 Å². The Morgan fingerprint density at radius 2 is 1.26 bits per heavy atom. The van der Waals surface area contributed by atoms with E-state index in [1.807, 2.05) is 30.3 Å². The van der Waals surface area contributed by atoms with Gasteiger partial charge in [0.2, 0.25) is 11.8 Å². The normalized spacial score (nSPS) is 15.0. The average Bonchev–Trinajstić information content (AvgIpc) is 2.57. The monoisotopic (exact) mass is 308 g/mol. The van der Waals surface area contributed by atoms with Crippen molar-refractivity contribution in [2.75, 3.05) is 22.9 Å². The van der Waals surface area contributed by atoms with Gasteiger partial charge in [0.1, 0.15) is 13.1 Å². The number of hydrogen-bond acceptors (Lipinski definition) is 3. The molecule has 1 aliphatic heterocycles. The molecule has 2 aromatic rings. The molecular weight excluding hydrogens is 292 g/mol. The van der Waals surface area contributed by atoms with E-state index >= 15 is 0 Å². The maximum Gasteiger partial charge on any atom is 0.247 e. The summed E-state index contributed by atoms with van der Waals surface area (Å²) in [5.41, 5.74) is 1.92. The molecular formula is C18H16N2O3. The number of hydrogen-bond donors (Lipinski definition) is 0. The molecule has 5 heteroatoms. The molecule has 3 rings (SSSR count). The third kappa shape index (κ3) is 2.99. The second-order valence-corrected chi connectivity index (χ2v) is 5.40. The molecule has 0 N–H and O–H groups in total. The van der Waals surface area contributed by atoms with Gasteiger partial charge in [-0.3, -0.25) is 14.4 Å². The van der Waals surface area contributed by atoms with Gasteiger partial charge in [0, 0.05) is 16.9 Å². The quantitative estimate of drug-likeness (QED) is 0.817. The van der Waals surface area contributed by atoms with Gasteiger partial charge in [-0.15, -0.1) is 0 Å². The van der Waals surface area contributed by atoms with Gasteiger partial charge in [-0.2, -0.15) is 0 Å². The minimum absolute atomic E-state index is 0.00680. The van der Waals surface area contributed by atoms with Gasteiger partial charge in [0.15, 0.2) is 5.78 Å². The first-order chi connectivity index (χ1) is 11.1. The maximum atomic E-state index is 12.4. The van der Waals surface area contributed by atoms with Crippen LogP contribution in [0, 0.1) is 0 Å². The molecule has 5 nitrogen and oxygen atoms in total. The lowest BCUT2D eigenvalue weighted by molar-refractivity contribution is -0.125. The highest BCUT2D eigenvalue weighted by molar-refractivity contribution is 6.12. The van der Waals surface area contributed by atoms with E-state index in [0.29, 0.717) is 11.3 Å². The Bertz CT molecular complexity index is 754. The van der Waals surface area contributed by atoms with Gasteiger partial charge in [-0.1, -0.05) is 18.2 Å². The van der Waals surface area contributed by atoms with Crippen LogP contribution in [0.15, 0.2) is 54.6 Å². The molecule has 0 aromatic heterocycles. The first kappa shape index (κ1) is 15.0. The van der Waals surface area contributed by atoms with Crippen molar-refractivity contribution in [3.8, 4) is 0 Å². The summed E-state index contributed by atoms with van der Waals surface area (Å²) in [6.45, 7) is 1.49. The van der Waals surface area contributed by atoms with Gasteiger partial charge in [-0.25, -0.2) is 0 Å². The van der Waals surface area contributed by atoms with Crippen LogP contribution in [-0.4, -0.2) is 30.7 Å². The van der Waals surface area contributed by atoms with Crippen LogP contribution in [0.5, 0.6) is 0 Å². The van der Waals surface area contributed by atoms with Crippen molar-refractivity contribution in [2.45, 2.75) is 6.92 Å². The number of carbonyl (C=O) groups excluding carboxylic acids is 3. The number of Topliss-reactive ketones (excluding diaryl/α,β-unsaturated/α-hetero) is 1. The van der Waals surface area contributed by atoms with Crippen LogP contribution in [0.2, 0.25) is 0 Å². The van der Waals surface area contributed by atoms with E-state index in [9.17, 15) is 14.4 Å². The molecule has 1 fully saturated rings. The molecule has 0 saturated carbocycles. The SMILES string of the molecule is CC(=O)c1ccc(N2CC(=O)N(c3ccccc3)CC2=O)cc1. The molecule has 1 heterocycles. The summed E-state index contributed by atoms with van der Waals surface area (Å²) in [6, 6.07) is 15.9. The van der Waals surface area contributed by atoms with Crippen molar-refractivity contribution in [1.82, 2.24) is 0 Å². The van der Waals surface area contributed by atoms with Gasteiger partial charge in [0.05, 0.1) is 0 Å². The van der Waals surface area contributed by atoms with E-state index < -0.39 is 0 Å². The highest BCUT2D eigenvalue weighted by atomic mass is 16.2. The minimum atomic E-state index is -0.149. The fourth-order valence-corrected chi connectivity index (χ4v) is 2.57. The number of para-hydroxylation sites is 1. The zero-order valence-corrected chi connectivity index (χ0v) is 12.7. The predicted molar refractivity (Wildman–Crippen MR) is 87.6 cm³/mol. The molecule has 0 unspecified atom stereocenters. The Hall–Kier alpha value is -2.95. The van der Waals surface area contributed by atoms with Crippen molar-refractivity contribution in [3.63, 3.8) is 0 Å². The summed E-state index contributed by atoms with van der Waals surface area (Å²) in [5.74, 6) is -0.316. The van der Waals surface area contributed by atoms with E-state index in [1.165, 1.54) is 16.7 Å². The number of benzene rings is 2. The summed E-state index contributed by atoms with van der Waals surface area (Å²) in [4.78, 5) is 39.0. The summed E-state index contributed by atoms with van der Waals surface area (Å²) >= 11 is 0. The third-order valence-corrected chi connectivity index (χ3v) is 3.84. The van der Waals surface area contributed by atoms with Crippen LogP contribution in [0.1, 0.15) is 17.3 Å². The molecule has 2 aromatic carbocycles. The lowest BCUT2D eigenvalue weighted by Gasteiger charge is -2.34. The van der Waals surface area contributed by atoms with Gasteiger partial charge >= 0.3 is 0 Å². The van der Waals surface area contributed by atoms with Crippen LogP contribution < -0.4 is 9.80 Å². The smallest absolute Gasteiger partial charge is 0.247 e. The lowest BCUT2D eigenvalue weighted by Crippen LogP contribution is -2.54. The van der Waals surface area contributed by atoms with E-state index in [1.54, 1.807) is 24.3 Å². The number of amides is 2. The molecule has 2 amide bonds. The topological polar surface area (TPSA) is 57.7 Å². The largest absolute Gasteiger partial charge is 0.301 e. The summed E-state index contributed by atoms with van der Waals surface area (Å²) in [5, 5.41) is 0. The molecule has 23 heavy (non-hydrogen) atoms. The fraction of sp³-hybridized carbons (Fsp3) is 0.167. The second kappa shape index (κ2) is 6.04. The number of anilines is 2.